The quantitative estimate of drug-likeness (QED) is 0.808. The fourth-order valence-electron chi connectivity index (χ4n) is 1.57. The van der Waals surface area contributed by atoms with Crippen molar-refractivity contribution in [3.05, 3.63) is 29.3 Å². The SMILES string of the molecule is CNC(C)c1ccc(OCC(C)C(N)=O)c(C)c1. The number of hydrogen-bond donors (Lipinski definition) is 2. The number of amides is 1. The molecule has 0 aliphatic rings. The fraction of sp³-hybridized carbons (Fsp3) is 0.500. The van der Waals surface area contributed by atoms with E-state index in [1.54, 1.807) is 6.92 Å². The van der Waals surface area contributed by atoms with Gasteiger partial charge in [-0.25, -0.2) is 0 Å². The van der Waals surface area contributed by atoms with E-state index in [4.69, 9.17) is 10.5 Å². The second-order valence-corrected chi connectivity index (χ2v) is 4.65. The molecule has 1 rings (SSSR count). The van der Waals surface area contributed by atoms with Gasteiger partial charge in [0.25, 0.3) is 0 Å². The highest BCUT2D eigenvalue weighted by atomic mass is 16.5. The van der Waals surface area contributed by atoms with E-state index in [0.717, 1.165) is 11.3 Å². The first kappa shape index (κ1) is 14.5. The van der Waals surface area contributed by atoms with Crippen LogP contribution >= 0.6 is 0 Å². The Kier molecular flexibility index (Phi) is 5.16. The van der Waals surface area contributed by atoms with Crippen molar-refractivity contribution in [1.82, 2.24) is 5.32 Å². The van der Waals surface area contributed by atoms with Crippen LogP contribution in [0.2, 0.25) is 0 Å². The summed E-state index contributed by atoms with van der Waals surface area (Å²) in [7, 11) is 1.93. The Morgan fingerprint density at radius 2 is 2.11 bits per heavy atom. The summed E-state index contributed by atoms with van der Waals surface area (Å²) in [5, 5.41) is 3.19. The lowest BCUT2D eigenvalue weighted by Gasteiger charge is -2.15. The van der Waals surface area contributed by atoms with Gasteiger partial charge in [-0.05, 0) is 38.1 Å². The molecule has 1 amide bonds. The van der Waals surface area contributed by atoms with Gasteiger partial charge >= 0.3 is 0 Å². The maximum Gasteiger partial charge on any atom is 0.223 e. The summed E-state index contributed by atoms with van der Waals surface area (Å²) < 4.78 is 5.61. The van der Waals surface area contributed by atoms with Crippen molar-refractivity contribution in [1.29, 1.82) is 0 Å². The Bertz CT molecular complexity index is 418. The van der Waals surface area contributed by atoms with Gasteiger partial charge in [0.1, 0.15) is 5.75 Å². The van der Waals surface area contributed by atoms with Gasteiger partial charge in [0.15, 0.2) is 0 Å². The van der Waals surface area contributed by atoms with Gasteiger partial charge in [-0.1, -0.05) is 19.1 Å². The summed E-state index contributed by atoms with van der Waals surface area (Å²) in [6, 6.07) is 6.36. The zero-order valence-electron chi connectivity index (χ0n) is 11.5. The number of hydrogen-bond acceptors (Lipinski definition) is 3. The second kappa shape index (κ2) is 6.40. The molecule has 1 aromatic rings. The van der Waals surface area contributed by atoms with Gasteiger partial charge < -0.3 is 15.8 Å². The third kappa shape index (κ3) is 3.74. The summed E-state index contributed by atoms with van der Waals surface area (Å²) in [5.74, 6) is 0.184. The Hall–Kier alpha value is -1.55. The molecule has 3 N–H and O–H groups in total. The Labute approximate surface area is 109 Å². The number of nitrogens with two attached hydrogens (primary N) is 1. The highest BCUT2D eigenvalue weighted by Crippen LogP contribution is 2.23. The first-order valence-electron chi connectivity index (χ1n) is 6.15. The van der Waals surface area contributed by atoms with E-state index < -0.39 is 0 Å². The molecule has 0 saturated heterocycles. The van der Waals surface area contributed by atoms with E-state index in [2.05, 4.69) is 18.3 Å². The number of primary amides is 1. The molecule has 4 heteroatoms. The molecule has 0 spiro atoms. The summed E-state index contributed by atoms with van der Waals surface area (Å²) in [5.41, 5.74) is 7.47. The van der Waals surface area contributed by atoms with Crippen molar-refractivity contribution in [3.8, 4) is 5.75 Å². The van der Waals surface area contributed by atoms with Crippen LogP contribution in [-0.2, 0) is 4.79 Å². The van der Waals surface area contributed by atoms with Gasteiger partial charge in [0.2, 0.25) is 5.91 Å². The van der Waals surface area contributed by atoms with Gasteiger partial charge in [-0.15, -0.1) is 0 Å². The third-order valence-electron chi connectivity index (χ3n) is 3.11. The molecule has 2 atom stereocenters. The molecular weight excluding hydrogens is 228 g/mol. The minimum absolute atomic E-state index is 0.277. The molecule has 0 aliphatic heterocycles. The molecular formula is C14H22N2O2. The number of carbonyl (C=O) groups excluding carboxylic acids is 1. The largest absolute Gasteiger partial charge is 0.493 e. The third-order valence-corrected chi connectivity index (χ3v) is 3.11. The zero-order valence-corrected chi connectivity index (χ0v) is 11.5. The van der Waals surface area contributed by atoms with Crippen LogP contribution in [0.25, 0.3) is 0 Å². The standard InChI is InChI=1S/C14H22N2O2/c1-9-7-12(11(3)16-4)5-6-13(9)18-8-10(2)14(15)17/h5-7,10-11,16H,8H2,1-4H3,(H2,15,17). The molecule has 0 heterocycles. The lowest BCUT2D eigenvalue weighted by Crippen LogP contribution is -2.25. The van der Waals surface area contributed by atoms with Crippen LogP contribution in [0, 0.1) is 12.8 Å². The fourth-order valence-corrected chi connectivity index (χ4v) is 1.57. The number of ether oxygens (including phenoxy) is 1. The van der Waals surface area contributed by atoms with Gasteiger partial charge in [0.05, 0.1) is 12.5 Å². The van der Waals surface area contributed by atoms with Crippen molar-refractivity contribution < 1.29 is 9.53 Å². The number of carbonyl (C=O) groups is 1. The van der Waals surface area contributed by atoms with Gasteiger partial charge in [-0.3, -0.25) is 4.79 Å². The molecule has 1 aromatic carbocycles. The summed E-state index contributed by atoms with van der Waals surface area (Å²) >= 11 is 0. The molecule has 2 unspecified atom stereocenters. The number of nitrogens with one attached hydrogen (secondary N) is 1. The monoisotopic (exact) mass is 250 g/mol. The van der Waals surface area contributed by atoms with Crippen LogP contribution < -0.4 is 15.8 Å². The first-order valence-corrected chi connectivity index (χ1v) is 6.15. The maximum atomic E-state index is 10.9. The van der Waals surface area contributed by atoms with Crippen LogP contribution in [0.5, 0.6) is 5.75 Å². The lowest BCUT2D eigenvalue weighted by atomic mass is 10.1. The number of aryl methyl sites for hydroxylation is 1. The van der Waals surface area contributed by atoms with E-state index in [0.29, 0.717) is 12.6 Å². The normalized spacial score (nSPS) is 14.0. The zero-order chi connectivity index (χ0) is 13.7. The van der Waals surface area contributed by atoms with Gasteiger partial charge in [0, 0.05) is 6.04 Å². The van der Waals surface area contributed by atoms with Crippen molar-refractivity contribution in [2.45, 2.75) is 26.8 Å². The predicted molar refractivity (Wildman–Crippen MR) is 72.5 cm³/mol. The summed E-state index contributed by atoms with van der Waals surface area (Å²) in [6.45, 7) is 6.17. The van der Waals surface area contributed by atoms with Crippen LogP contribution in [0.15, 0.2) is 18.2 Å². The molecule has 0 fully saturated rings. The highest BCUT2D eigenvalue weighted by Gasteiger charge is 2.11. The van der Waals surface area contributed by atoms with E-state index in [1.165, 1.54) is 5.56 Å². The Morgan fingerprint density at radius 3 is 2.61 bits per heavy atom. The number of benzene rings is 1. The van der Waals surface area contributed by atoms with Crippen molar-refractivity contribution >= 4 is 5.91 Å². The Balaban J connectivity index is 2.71. The second-order valence-electron chi connectivity index (χ2n) is 4.65. The smallest absolute Gasteiger partial charge is 0.223 e. The lowest BCUT2D eigenvalue weighted by molar-refractivity contribution is -0.122. The van der Waals surface area contributed by atoms with Crippen LogP contribution in [0.3, 0.4) is 0 Å². The Morgan fingerprint density at radius 1 is 1.44 bits per heavy atom. The molecule has 100 valence electrons. The van der Waals surface area contributed by atoms with Crippen molar-refractivity contribution in [3.63, 3.8) is 0 Å². The van der Waals surface area contributed by atoms with Crippen molar-refractivity contribution in [2.75, 3.05) is 13.7 Å². The molecule has 18 heavy (non-hydrogen) atoms. The first-order chi connectivity index (χ1) is 8.45. The van der Waals surface area contributed by atoms with Crippen LogP contribution in [0.4, 0.5) is 0 Å². The van der Waals surface area contributed by atoms with E-state index in [9.17, 15) is 4.79 Å². The average Bonchev–Trinajstić information content (AvgIpc) is 2.35. The highest BCUT2D eigenvalue weighted by molar-refractivity contribution is 5.76. The minimum Gasteiger partial charge on any atom is -0.493 e. The van der Waals surface area contributed by atoms with Gasteiger partial charge in [-0.2, -0.15) is 0 Å². The molecule has 0 saturated carbocycles. The van der Waals surface area contributed by atoms with E-state index >= 15 is 0 Å². The summed E-state index contributed by atoms with van der Waals surface area (Å²) in [4.78, 5) is 10.9. The predicted octanol–water partition coefficient (Wildman–Crippen LogP) is 1.78. The van der Waals surface area contributed by atoms with Crippen LogP contribution in [-0.4, -0.2) is 19.6 Å². The summed E-state index contributed by atoms with van der Waals surface area (Å²) in [6.07, 6.45) is 0. The minimum atomic E-state index is -0.340. The number of rotatable bonds is 6. The molecule has 0 aliphatic carbocycles. The molecule has 0 aromatic heterocycles. The molecule has 4 nitrogen and oxygen atoms in total. The van der Waals surface area contributed by atoms with E-state index in [1.807, 2.05) is 26.1 Å². The maximum absolute atomic E-state index is 10.9. The molecule has 0 bridgehead atoms. The van der Waals surface area contributed by atoms with E-state index in [-0.39, 0.29) is 11.8 Å². The average molecular weight is 250 g/mol. The van der Waals surface area contributed by atoms with Crippen LogP contribution in [0.1, 0.15) is 31.0 Å². The topological polar surface area (TPSA) is 64.3 Å². The van der Waals surface area contributed by atoms with Crippen molar-refractivity contribution in [2.24, 2.45) is 11.7 Å². The molecule has 0 radical (unpaired) electrons.